The molecule has 0 spiro atoms. The van der Waals surface area contributed by atoms with E-state index < -0.39 is 10.0 Å². The number of rotatable bonds is 3. The van der Waals surface area contributed by atoms with E-state index in [0.717, 1.165) is 18.5 Å². The van der Waals surface area contributed by atoms with Gasteiger partial charge in [-0.3, -0.25) is 0 Å². The number of hydrogen-bond donors (Lipinski definition) is 1. The molecule has 1 aromatic rings. The fourth-order valence-electron chi connectivity index (χ4n) is 2.28. The van der Waals surface area contributed by atoms with Gasteiger partial charge < -0.3 is 5.32 Å². The molecule has 0 bridgehead atoms. The number of hydrogen-bond acceptors (Lipinski definition) is 3. The molecule has 21 heavy (non-hydrogen) atoms. The normalized spacial score (nSPS) is 17.3. The molecule has 0 atom stereocenters. The third-order valence-electron chi connectivity index (χ3n) is 3.54. The predicted octanol–water partition coefficient (Wildman–Crippen LogP) is 2.87. The van der Waals surface area contributed by atoms with E-state index >= 15 is 0 Å². The lowest BCUT2D eigenvalue weighted by Crippen LogP contribution is -2.34. The van der Waals surface area contributed by atoms with Crippen molar-refractivity contribution in [3.8, 4) is 0 Å². The number of benzene rings is 1. The van der Waals surface area contributed by atoms with Crippen molar-refractivity contribution in [2.24, 2.45) is 0 Å². The molecule has 0 aliphatic carbocycles. The second kappa shape index (κ2) is 7.79. The average Bonchev–Trinajstić information content (AvgIpc) is 2.68. The van der Waals surface area contributed by atoms with E-state index in [0.29, 0.717) is 24.7 Å². The van der Waals surface area contributed by atoms with Crippen molar-refractivity contribution in [2.75, 3.05) is 26.2 Å². The maximum Gasteiger partial charge on any atom is 0.244 e. The Morgan fingerprint density at radius 1 is 1.24 bits per heavy atom. The summed E-state index contributed by atoms with van der Waals surface area (Å²) >= 11 is 6.12. The first-order chi connectivity index (χ1) is 9.43. The molecule has 1 saturated heterocycles. The quantitative estimate of drug-likeness (QED) is 0.909. The number of nitrogens with one attached hydrogen (secondary N) is 1. The van der Waals surface area contributed by atoms with E-state index in [2.05, 4.69) is 5.32 Å². The smallest absolute Gasteiger partial charge is 0.244 e. The lowest BCUT2D eigenvalue weighted by Gasteiger charge is -2.21. The van der Waals surface area contributed by atoms with Crippen LogP contribution in [0.1, 0.15) is 31.7 Å². The van der Waals surface area contributed by atoms with Gasteiger partial charge in [-0.25, -0.2) is 8.42 Å². The zero-order chi connectivity index (χ0) is 14.8. The highest BCUT2D eigenvalue weighted by atomic mass is 35.5. The molecule has 1 aliphatic rings. The number of halogens is 2. The van der Waals surface area contributed by atoms with E-state index in [1.165, 1.54) is 4.31 Å². The van der Waals surface area contributed by atoms with Crippen LogP contribution in [0, 0.1) is 0 Å². The van der Waals surface area contributed by atoms with Gasteiger partial charge in [0.05, 0.1) is 5.02 Å². The molecule has 1 fully saturated rings. The Kier molecular flexibility index (Phi) is 6.94. The van der Waals surface area contributed by atoms with Gasteiger partial charge in [0.25, 0.3) is 0 Å². The Hall–Kier alpha value is -0.330. The van der Waals surface area contributed by atoms with Crippen LogP contribution < -0.4 is 5.32 Å². The highest BCUT2D eigenvalue weighted by Gasteiger charge is 2.27. The van der Waals surface area contributed by atoms with Crippen molar-refractivity contribution in [2.45, 2.75) is 31.1 Å². The highest BCUT2D eigenvalue weighted by molar-refractivity contribution is 7.89. The van der Waals surface area contributed by atoms with E-state index in [1.807, 2.05) is 19.9 Å². The Morgan fingerprint density at radius 3 is 2.62 bits per heavy atom. The van der Waals surface area contributed by atoms with Crippen LogP contribution in [-0.2, 0) is 10.0 Å². The summed E-state index contributed by atoms with van der Waals surface area (Å²) in [5.41, 5.74) is 0.987. The topological polar surface area (TPSA) is 49.4 Å². The minimum Gasteiger partial charge on any atom is -0.315 e. The molecular formula is C14H22Cl2N2O2S. The summed E-state index contributed by atoms with van der Waals surface area (Å²) in [6, 6.07) is 5.27. The maximum atomic E-state index is 12.7. The molecule has 0 unspecified atom stereocenters. The van der Waals surface area contributed by atoms with E-state index in [1.54, 1.807) is 12.1 Å². The summed E-state index contributed by atoms with van der Waals surface area (Å²) < 4.78 is 27.0. The fraction of sp³-hybridized carbons (Fsp3) is 0.571. The van der Waals surface area contributed by atoms with Gasteiger partial charge in [-0.2, -0.15) is 4.31 Å². The van der Waals surface area contributed by atoms with E-state index in [-0.39, 0.29) is 23.2 Å². The monoisotopic (exact) mass is 352 g/mol. The Balaban J connectivity index is 0.00000220. The second-order valence-corrected chi connectivity index (χ2v) is 7.67. The first-order valence-corrected chi connectivity index (χ1v) is 8.75. The van der Waals surface area contributed by atoms with Crippen molar-refractivity contribution in [3.05, 3.63) is 28.8 Å². The van der Waals surface area contributed by atoms with Crippen LogP contribution in [0.2, 0.25) is 5.02 Å². The minimum atomic E-state index is -3.51. The molecule has 1 N–H and O–H groups in total. The third kappa shape index (κ3) is 4.33. The van der Waals surface area contributed by atoms with Gasteiger partial charge in [0, 0.05) is 19.6 Å². The number of sulfonamides is 1. The second-order valence-electron chi connectivity index (χ2n) is 5.35. The molecule has 2 rings (SSSR count). The van der Waals surface area contributed by atoms with Crippen LogP contribution in [0.25, 0.3) is 0 Å². The van der Waals surface area contributed by atoms with Gasteiger partial charge in [0.15, 0.2) is 0 Å². The molecule has 0 saturated carbocycles. The summed E-state index contributed by atoms with van der Waals surface area (Å²) in [6.45, 7) is 6.64. The van der Waals surface area contributed by atoms with Crippen molar-refractivity contribution in [1.29, 1.82) is 0 Å². The van der Waals surface area contributed by atoms with Gasteiger partial charge in [-0.1, -0.05) is 31.5 Å². The van der Waals surface area contributed by atoms with Gasteiger partial charge in [0.1, 0.15) is 4.90 Å². The third-order valence-corrected chi connectivity index (χ3v) is 5.92. The summed E-state index contributed by atoms with van der Waals surface area (Å²) in [6.07, 6.45) is 0.820. The van der Waals surface area contributed by atoms with Crippen molar-refractivity contribution < 1.29 is 8.42 Å². The Labute approximate surface area is 138 Å². The molecule has 0 aromatic heterocycles. The van der Waals surface area contributed by atoms with Crippen molar-refractivity contribution in [3.63, 3.8) is 0 Å². The summed E-state index contributed by atoms with van der Waals surface area (Å²) in [7, 11) is -3.51. The van der Waals surface area contributed by atoms with Crippen LogP contribution in [0.15, 0.2) is 23.1 Å². The molecule has 120 valence electrons. The lowest BCUT2D eigenvalue weighted by atomic mass is 10.0. The molecule has 1 aromatic carbocycles. The molecule has 1 aliphatic heterocycles. The van der Waals surface area contributed by atoms with Crippen LogP contribution in [0.4, 0.5) is 0 Å². The zero-order valence-electron chi connectivity index (χ0n) is 12.3. The van der Waals surface area contributed by atoms with Crippen LogP contribution in [0.3, 0.4) is 0 Å². The first-order valence-electron chi connectivity index (χ1n) is 6.93. The average molecular weight is 353 g/mol. The highest BCUT2D eigenvalue weighted by Crippen LogP contribution is 2.28. The minimum absolute atomic E-state index is 0. The molecule has 4 nitrogen and oxygen atoms in total. The first kappa shape index (κ1) is 18.7. The van der Waals surface area contributed by atoms with Gasteiger partial charge in [-0.15, -0.1) is 12.4 Å². The Morgan fingerprint density at radius 2 is 1.95 bits per heavy atom. The largest absolute Gasteiger partial charge is 0.315 e. The maximum absolute atomic E-state index is 12.7. The predicted molar refractivity (Wildman–Crippen MR) is 89.0 cm³/mol. The molecule has 0 radical (unpaired) electrons. The summed E-state index contributed by atoms with van der Waals surface area (Å²) in [4.78, 5) is 0.229. The van der Waals surface area contributed by atoms with Gasteiger partial charge in [0.2, 0.25) is 10.0 Å². The molecule has 0 amide bonds. The molecule has 7 heteroatoms. The Bertz CT molecular complexity index is 568. The fourth-order valence-corrected chi connectivity index (χ4v) is 4.27. The van der Waals surface area contributed by atoms with Crippen LogP contribution in [-0.4, -0.2) is 38.9 Å². The van der Waals surface area contributed by atoms with Crippen molar-refractivity contribution >= 4 is 34.0 Å². The summed E-state index contributed by atoms with van der Waals surface area (Å²) in [5, 5.41) is 3.50. The zero-order valence-corrected chi connectivity index (χ0v) is 14.7. The van der Waals surface area contributed by atoms with Crippen LogP contribution >= 0.6 is 24.0 Å². The SMILES string of the molecule is CC(C)c1ccc(Cl)c(S(=O)(=O)N2CCCNCC2)c1.Cl. The van der Waals surface area contributed by atoms with Crippen LogP contribution in [0.5, 0.6) is 0 Å². The van der Waals surface area contributed by atoms with Crippen molar-refractivity contribution in [1.82, 2.24) is 9.62 Å². The van der Waals surface area contributed by atoms with E-state index in [9.17, 15) is 8.42 Å². The molecule has 1 heterocycles. The summed E-state index contributed by atoms with van der Waals surface area (Å²) in [5.74, 6) is 0.270. The van der Waals surface area contributed by atoms with Gasteiger partial charge >= 0.3 is 0 Å². The van der Waals surface area contributed by atoms with Gasteiger partial charge in [-0.05, 0) is 36.6 Å². The number of nitrogens with zero attached hydrogens (tertiary/aromatic N) is 1. The molecular weight excluding hydrogens is 331 g/mol. The standard InChI is InChI=1S/C14H21ClN2O2S.ClH/c1-11(2)12-4-5-13(15)14(10-12)20(18,19)17-8-3-6-16-7-9-17;/h4-5,10-11,16H,3,6-9H2,1-2H3;1H. The van der Waals surface area contributed by atoms with E-state index in [4.69, 9.17) is 11.6 Å². The lowest BCUT2D eigenvalue weighted by molar-refractivity contribution is 0.432.